The number of hydrogen-bond donors (Lipinski definition) is 1. The second-order valence-corrected chi connectivity index (χ2v) is 6.04. The molecule has 0 radical (unpaired) electrons. The van der Waals surface area contributed by atoms with Crippen LogP contribution in [0.5, 0.6) is 0 Å². The third-order valence-corrected chi connectivity index (χ3v) is 4.18. The number of para-hydroxylation sites is 1. The molecule has 0 aliphatic heterocycles. The van der Waals surface area contributed by atoms with Gasteiger partial charge in [-0.05, 0) is 35.9 Å². The largest absolute Gasteiger partial charge is 0.345 e. The molecule has 2 aromatic carbocycles. The predicted molar refractivity (Wildman–Crippen MR) is 100 cm³/mol. The molecule has 1 N–H and O–H groups in total. The fourth-order valence-corrected chi connectivity index (χ4v) is 2.79. The molecule has 0 spiro atoms. The van der Waals surface area contributed by atoms with Gasteiger partial charge in [0.05, 0.1) is 13.1 Å². The molecule has 0 bridgehead atoms. The van der Waals surface area contributed by atoms with Gasteiger partial charge >= 0.3 is 0 Å². The molecule has 0 atom stereocenters. The number of benzene rings is 2. The second-order valence-electron chi connectivity index (χ2n) is 6.04. The quantitative estimate of drug-likeness (QED) is 0.574. The van der Waals surface area contributed by atoms with E-state index >= 15 is 0 Å². The van der Waals surface area contributed by atoms with E-state index in [1.165, 1.54) is 0 Å². The highest BCUT2D eigenvalue weighted by Gasteiger charge is 2.10. The highest BCUT2D eigenvalue weighted by atomic mass is 16.1. The molecule has 4 rings (SSSR count). The zero-order valence-corrected chi connectivity index (χ0v) is 14.6. The lowest BCUT2D eigenvalue weighted by Gasteiger charge is -2.08. The molecule has 2 aromatic heterocycles. The van der Waals surface area contributed by atoms with Crippen molar-refractivity contribution >= 4 is 5.91 Å². The third kappa shape index (κ3) is 3.92. The molecule has 0 fully saturated rings. The Morgan fingerprint density at radius 3 is 2.56 bits per heavy atom. The van der Waals surface area contributed by atoms with E-state index in [4.69, 9.17) is 0 Å². The molecule has 134 valence electrons. The van der Waals surface area contributed by atoms with E-state index in [0.717, 1.165) is 11.3 Å². The summed E-state index contributed by atoms with van der Waals surface area (Å²) < 4.78 is 3.69. The van der Waals surface area contributed by atoms with Crippen LogP contribution in [0.4, 0.5) is 0 Å². The first-order valence-corrected chi connectivity index (χ1v) is 8.58. The van der Waals surface area contributed by atoms with Crippen LogP contribution in [-0.2, 0) is 13.1 Å². The van der Waals surface area contributed by atoms with Crippen LogP contribution in [0.1, 0.15) is 21.7 Å². The fourth-order valence-electron chi connectivity index (χ4n) is 2.79. The van der Waals surface area contributed by atoms with Crippen molar-refractivity contribution in [3.05, 3.63) is 96.3 Å². The van der Waals surface area contributed by atoms with E-state index in [-0.39, 0.29) is 5.91 Å². The summed E-state index contributed by atoms with van der Waals surface area (Å²) in [6.45, 7) is 0.970. The molecule has 2 heterocycles. The van der Waals surface area contributed by atoms with Gasteiger partial charge in [0.15, 0.2) is 5.82 Å². The fraction of sp³-hybridized carbons (Fsp3) is 0.100. The van der Waals surface area contributed by atoms with E-state index in [9.17, 15) is 4.79 Å². The summed E-state index contributed by atoms with van der Waals surface area (Å²) in [6.07, 6.45) is 5.29. The van der Waals surface area contributed by atoms with Crippen LogP contribution in [0.25, 0.3) is 5.69 Å². The van der Waals surface area contributed by atoms with Gasteiger partial charge in [-0.2, -0.15) is 5.10 Å². The molecule has 7 nitrogen and oxygen atoms in total. The summed E-state index contributed by atoms with van der Waals surface area (Å²) in [5.74, 6) is 0.521. The number of hydrogen-bond acceptors (Lipinski definition) is 4. The second kappa shape index (κ2) is 7.65. The van der Waals surface area contributed by atoms with E-state index in [0.29, 0.717) is 24.5 Å². The van der Waals surface area contributed by atoms with Gasteiger partial charge in [-0.1, -0.05) is 30.3 Å². The van der Waals surface area contributed by atoms with Crippen LogP contribution >= 0.6 is 0 Å². The van der Waals surface area contributed by atoms with Gasteiger partial charge in [0.1, 0.15) is 6.33 Å². The first-order valence-electron chi connectivity index (χ1n) is 8.58. The molecule has 0 unspecified atom stereocenters. The minimum Gasteiger partial charge on any atom is -0.345 e. The number of nitrogens with zero attached hydrogens (tertiary/aromatic N) is 5. The van der Waals surface area contributed by atoms with E-state index in [1.54, 1.807) is 12.5 Å². The minimum absolute atomic E-state index is 0.150. The first-order chi connectivity index (χ1) is 13.3. The van der Waals surface area contributed by atoms with Gasteiger partial charge in [-0.15, -0.1) is 10.2 Å². The summed E-state index contributed by atoms with van der Waals surface area (Å²) in [5, 5.41) is 15.1. The van der Waals surface area contributed by atoms with Gasteiger partial charge in [0.2, 0.25) is 0 Å². The van der Waals surface area contributed by atoms with Crippen molar-refractivity contribution in [1.82, 2.24) is 29.9 Å². The Hall–Kier alpha value is -3.74. The highest BCUT2D eigenvalue weighted by molar-refractivity contribution is 5.94. The van der Waals surface area contributed by atoms with Gasteiger partial charge in [0, 0.05) is 23.6 Å². The van der Waals surface area contributed by atoms with Crippen LogP contribution in [0.3, 0.4) is 0 Å². The Labute approximate surface area is 156 Å². The van der Waals surface area contributed by atoms with Crippen molar-refractivity contribution in [3.63, 3.8) is 0 Å². The van der Waals surface area contributed by atoms with Crippen LogP contribution in [0, 0.1) is 0 Å². The number of carbonyl (C=O) groups excluding carboxylic acids is 1. The maximum atomic E-state index is 12.4. The molecule has 4 aromatic rings. The summed E-state index contributed by atoms with van der Waals surface area (Å²) >= 11 is 0. The number of amides is 1. The molecule has 0 aliphatic rings. The molecule has 0 aliphatic carbocycles. The molecule has 1 amide bonds. The Kier molecular flexibility index (Phi) is 4.74. The van der Waals surface area contributed by atoms with Crippen molar-refractivity contribution in [2.75, 3.05) is 0 Å². The highest BCUT2D eigenvalue weighted by Crippen LogP contribution is 2.10. The summed E-state index contributed by atoms with van der Waals surface area (Å²) in [6, 6.07) is 19.2. The molecular weight excluding hydrogens is 340 g/mol. The van der Waals surface area contributed by atoms with Crippen LogP contribution in [0.2, 0.25) is 0 Å². The van der Waals surface area contributed by atoms with Gasteiger partial charge in [-0.3, -0.25) is 14.0 Å². The topological polar surface area (TPSA) is 77.6 Å². The predicted octanol–water partition coefficient (Wildman–Crippen LogP) is 2.44. The zero-order chi connectivity index (χ0) is 18.5. The number of carbonyl (C=O) groups is 1. The number of aromatic nitrogens is 5. The van der Waals surface area contributed by atoms with E-state index in [2.05, 4.69) is 20.6 Å². The first kappa shape index (κ1) is 16.7. The van der Waals surface area contributed by atoms with Gasteiger partial charge < -0.3 is 5.32 Å². The third-order valence-electron chi connectivity index (χ3n) is 4.18. The Morgan fingerprint density at radius 1 is 1.00 bits per heavy atom. The Balaban J connectivity index is 1.39. The van der Waals surface area contributed by atoms with E-state index < -0.39 is 0 Å². The summed E-state index contributed by atoms with van der Waals surface area (Å²) in [5.41, 5.74) is 2.64. The Bertz CT molecular complexity index is 1010. The average molecular weight is 358 g/mol. The van der Waals surface area contributed by atoms with Crippen LogP contribution < -0.4 is 5.32 Å². The lowest BCUT2D eigenvalue weighted by atomic mass is 10.1. The van der Waals surface area contributed by atoms with E-state index in [1.807, 2.05) is 76.1 Å². The Morgan fingerprint density at radius 2 is 1.81 bits per heavy atom. The molecule has 0 saturated heterocycles. The van der Waals surface area contributed by atoms with Crippen molar-refractivity contribution in [2.45, 2.75) is 13.1 Å². The molecule has 7 heteroatoms. The number of nitrogens with one attached hydrogen (secondary N) is 1. The maximum absolute atomic E-state index is 12.4. The monoisotopic (exact) mass is 358 g/mol. The standard InChI is InChI=1S/C20H18N6O/c27-20(17-9-7-16(8-10-17)14-25-12-4-11-23-25)21-13-19-24-22-15-26(19)18-5-2-1-3-6-18/h1-12,15H,13-14H2,(H,21,27). The maximum Gasteiger partial charge on any atom is 0.251 e. The summed E-state index contributed by atoms with van der Waals surface area (Å²) in [4.78, 5) is 12.4. The van der Waals surface area contributed by atoms with Crippen molar-refractivity contribution in [1.29, 1.82) is 0 Å². The average Bonchev–Trinajstić information content (AvgIpc) is 3.39. The number of rotatable bonds is 6. The van der Waals surface area contributed by atoms with Crippen LogP contribution in [-0.4, -0.2) is 30.5 Å². The minimum atomic E-state index is -0.150. The normalized spacial score (nSPS) is 10.7. The smallest absolute Gasteiger partial charge is 0.251 e. The zero-order valence-electron chi connectivity index (χ0n) is 14.6. The van der Waals surface area contributed by atoms with Gasteiger partial charge in [-0.25, -0.2) is 0 Å². The molecule has 0 saturated carbocycles. The van der Waals surface area contributed by atoms with Crippen molar-refractivity contribution in [2.24, 2.45) is 0 Å². The lowest BCUT2D eigenvalue weighted by molar-refractivity contribution is 0.0949. The van der Waals surface area contributed by atoms with Gasteiger partial charge in [0.25, 0.3) is 5.91 Å². The lowest BCUT2D eigenvalue weighted by Crippen LogP contribution is -2.24. The van der Waals surface area contributed by atoms with Crippen molar-refractivity contribution < 1.29 is 4.79 Å². The summed E-state index contributed by atoms with van der Waals surface area (Å²) in [7, 11) is 0. The van der Waals surface area contributed by atoms with Crippen molar-refractivity contribution in [3.8, 4) is 5.69 Å². The van der Waals surface area contributed by atoms with Crippen LogP contribution in [0.15, 0.2) is 79.4 Å². The molecular formula is C20H18N6O. The molecule has 27 heavy (non-hydrogen) atoms. The SMILES string of the molecule is O=C(NCc1nncn1-c1ccccc1)c1ccc(Cn2cccn2)cc1.